The van der Waals surface area contributed by atoms with Gasteiger partial charge >= 0.3 is 5.97 Å². The van der Waals surface area contributed by atoms with E-state index in [1.165, 1.54) is 23.6 Å². The van der Waals surface area contributed by atoms with Gasteiger partial charge in [-0.15, -0.1) is 0 Å². The number of aryl methyl sites for hydroxylation is 1. The van der Waals surface area contributed by atoms with E-state index in [-0.39, 0.29) is 12.3 Å². The SMILES string of the molecule is Cc1ccc(Sc2ncccc2C(=O)O[C@H](C)C(=O)N(C)CCC#N)cc1. The first-order chi connectivity index (χ1) is 12.9. The van der Waals surface area contributed by atoms with Crippen LogP contribution in [0.25, 0.3) is 0 Å². The first kappa shape index (κ1) is 20.5. The number of ether oxygens (including phenoxy) is 1. The van der Waals surface area contributed by atoms with Crippen LogP contribution >= 0.6 is 11.8 Å². The Morgan fingerprint density at radius 3 is 2.67 bits per heavy atom. The van der Waals surface area contributed by atoms with Crippen molar-refractivity contribution in [3.05, 3.63) is 53.7 Å². The van der Waals surface area contributed by atoms with E-state index in [0.29, 0.717) is 17.1 Å². The second kappa shape index (κ2) is 9.74. The highest BCUT2D eigenvalue weighted by Gasteiger charge is 2.24. The van der Waals surface area contributed by atoms with E-state index in [2.05, 4.69) is 4.98 Å². The molecule has 0 unspecified atom stereocenters. The summed E-state index contributed by atoms with van der Waals surface area (Å²) in [4.78, 5) is 31.4. The van der Waals surface area contributed by atoms with Crippen molar-refractivity contribution in [3.8, 4) is 6.07 Å². The number of likely N-dealkylation sites (N-methyl/N-ethyl adjacent to an activating group) is 1. The Bertz CT molecular complexity index is 846. The Morgan fingerprint density at radius 2 is 2.00 bits per heavy atom. The molecule has 0 fully saturated rings. The fourth-order valence-electron chi connectivity index (χ4n) is 2.26. The second-order valence-corrected chi connectivity index (χ2v) is 7.05. The standard InChI is InChI=1S/C20H21N3O3S/c1-14-7-9-16(10-8-14)27-18-17(6-4-12-22-18)20(25)26-15(2)19(24)23(3)13-5-11-21/h4,6-10,12,15H,5,13H2,1-3H3/t15-/m1/s1. The Hall–Kier alpha value is -2.85. The van der Waals surface area contributed by atoms with Gasteiger partial charge in [-0.05, 0) is 38.1 Å². The number of nitriles is 1. The topological polar surface area (TPSA) is 83.3 Å². The molecule has 7 heteroatoms. The largest absolute Gasteiger partial charge is 0.449 e. The zero-order valence-electron chi connectivity index (χ0n) is 15.5. The summed E-state index contributed by atoms with van der Waals surface area (Å²) in [6.45, 7) is 3.81. The molecule has 1 aromatic heterocycles. The van der Waals surface area contributed by atoms with Crippen LogP contribution in [0.2, 0.25) is 0 Å². The Labute approximate surface area is 163 Å². The fraction of sp³-hybridized carbons (Fsp3) is 0.300. The van der Waals surface area contributed by atoms with Crippen molar-refractivity contribution in [3.63, 3.8) is 0 Å². The number of rotatable bonds is 7. The number of aromatic nitrogens is 1. The van der Waals surface area contributed by atoms with Crippen molar-refractivity contribution in [1.82, 2.24) is 9.88 Å². The van der Waals surface area contributed by atoms with E-state index >= 15 is 0 Å². The van der Waals surface area contributed by atoms with Crippen LogP contribution in [-0.2, 0) is 9.53 Å². The molecule has 2 rings (SSSR count). The number of esters is 1. The van der Waals surface area contributed by atoms with Gasteiger partial charge in [0.15, 0.2) is 6.10 Å². The summed E-state index contributed by atoms with van der Waals surface area (Å²) in [5, 5.41) is 9.13. The average molecular weight is 383 g/mol. The molecule has 0 saturated heterocycles. The average Bonchev–Trinajstić information content (AvgIpc) is 2.67. The highest BCUT2D eigenvalue weighted by molar-refractivity contribution is 7.99. The van der Waals surface area contributed by atoms with E-state index in [4.69, 9.17) is 10.00 Å². The number of pyridine rings is 1. The molecule has 0 bridgehead atoms. The van der Waals surface area contributed by atoms with Crippen LogP contribution in [0, 0.1) is 18.3 Å². The van der Waals surface area contributed by atoms with Crippen LogP contribution in [0.15, 0.2) is 52.5 Å². The summed E-state index contributed by atoms with van der Waals surface area (Å²) < 4.78 is 5.33. The molecule has 0 N–H and O–H groups in total. The van der Waals surface area contributed by atoms with Crippen LogP contribution < -0.4 is 0 Å². The lowest BCUT2D eigenvalue weighted by atomic mass is 10.2. The van der Waals surface area contributed by atoms with E-state index in [1.807, 2.05) is 37.3 Å². The maximum absolute atomic E-state index is 12.6. The summed E-state index contributed by atoms with van der Waals surface area (Å²) >= 11 is 1.36. The molecule has 6 nitrogen and oxygen atoms in total. The Kier molecular flexibility index (Phi) is 7.38. The molecule has 1 heterocycles. The molecule has 0 saturated carbocycles. The zero-order valence-corrected chi connectivity index (χ0v) is 16.3. The van der Waals surface area contributed by atoms with Gasteiger partial charge in [-0.2, -0.15) is 5.26 Å². The highest BCUT2D eigenvalue weighted by atomic mass is 32.2. The van der Waals surface area contributed by atoms with Crippen LogP contribution in [0.3, 0.4) is 0 Å². The molecule has 1 atom stereocenters. The first-order valence-electron chi connectivity index (χ1n) is 8.45. The van der Waals surface area contributed by atoms with Crippen molar-refractivity contribution in [1.29, 1.82) is 5.26 Å². The summed E-state index contributed by atoms with van der Waals surface area (Å²) in [6, 6.07) is 13.2. The number of hydrogen-bond donors (Lipinski definition) is 0. The molecule has 0 aliphatic heterocycles. The smallest absolute Gasteiger partial charge is 0.341 e. The van der Waals surface area contributed by atoms with Crippen molar-refractivity contribution in [2.75, 3.05) is 13.6 Å². The monoisotopic (exact) mass is 383 g/mol. The number of carbonyl (C=O) groups is 2. The van der Waals surface area contributed by atoms with Crippen molar-refractivity contribution >= 4 is 23.6 Å². The van der Waals surface area contributed by atoms with Gasteiger partial charge in [0.2, 0.25) is 0 Å². The van der Waals surface area contributed by atoms with Gasteiger partial charge in [0.25, 0.3) is 5.91 Å². The number of carbonyl (C=O) groups excluding carboxylic acids is 2. The predicted octanol–water partition coefficient (Wildman–Crippen LogP) is 3.46. The Balaban J connectivity index is 2.09. The van der Waals surface area contributed by atoms with E-state index in [0.717, 1.165) is 10.5 Å². The first-order valence-corrected chi connectivity index (χ1v) is 9.26. The van der Waals surface area contributed by atoms with Crippen LogP contribution in [0.4, 0.5) is 0 Å². The van der Waals surface area contributed by atoms with Crippen molar-refractivity contribution < 1.29 is 14.3 Å². The molecule has 27 heavy (non-hydrogen) atoms. The summed E-state index contributed by atoms with van der Waals surface area (Å²) in [5.41, 5.74) is 1.45. The summed E-state index contributed by atoms with van der Waals surface area (Å²) in [7, 11) is 1.58. The molecular weight excluding hydrogens is 362 g/mol. The molecule has 0 aliphatic carbocycles. The minimum Gasteiger partial charge on any atom is -0.449 e. The lowest BCUT2D eigenvalue weighted by molar-refractivity contribution is -0.138. The van der Waals surface area contributed by atoms with Gasteiger partial charge in [-0.3, -0.25) is 4.79 Å². The molecule has 1 amide bonds. The molecule has 0 radical (unpaired) electrons. The second-order valence-electron chi connectivity index (χ2n) is 5.99. The maximum atomic E-state index is 12.6. The molecule has 2 aromatic rings. The molecule has 0 aliphatic rings. The third-order valence-electron chi connectivity index (χ3n) is 3.79. The maximum Gasteiger partial charge on any atom is 0.341 e. The van der Waals surface area contributed by atoms with Crippen molar-refractivity contribution in [2.45, 2.75) is 36.3 Å². The van der Waals surface area contributed by atoms with Crippen LogP contribution in [0.5, 0.6) is 0 Å². The quantitative estimate of drug-likeness (QED) is 0.681. The van der Waals surface area contributed by atoms with Crippen molar-refractivity contribution in [2.24, 2.45) is 0 Å². The predicted molar refractivity (Wildman–Crippen MR) is 102 cm³/mol. The van der Waals surface area contributed by atoms with Gasteiger partial charge in [0.05, 0.1) is 18.1 Å². The molecule has 0 spiro atoms. The lowest BCUT2D eigenvalue weighted by Crippen LogP contribution is -2.38. The van der Waals surface area contributed by atoms with Gasteiger partial charge in [0, 0.05) is 24.7 Å². The molecule has 140 valence electrons. The molecule has 1 aromatic carbocycles. The van der Waals surface area contributed by atoms with Gasteiger partial charge < -0.3 is 9.64 Å². The van der Waals surface area contributed by atoms with Gasteiger partial charge in [-0.1, -0.05) is 29.5 Å². The number of benzene rings is 1. The third kappa shape index (κ3) is 5.83. The number of hydrogen-bond acceptors (Lipinski definition) is 6. The van der Waals surface area contributed by atoms with E-state index in [9.17, 15) is 9.59 Å². The van der Waals surface area contributed by atoms with Gasteiger partial charge in [0.1, 0.15) is 5.03 Å². The molecular formula is C20H21N3O3S. The number of amides is 1. The van der Waals surface area contributed by atoms with E-state index in [1.54, 1.807) is 25.4 Å². The van der Waals surface area contributed by atoms with Gasteiger partial charge in [-0.25, -0.2) is 9.78 Å². The zero-order chi connectivity index (χ0) is 19.8. The summed E-state index contributed by atoms with van der Waals surface area (Å²) in [6.07, 6.45) is 0.888. The lowest BCUT2D eigenvalue weighted by Gasteiger charge is -2.20. The number of nitrogens with zero attached hydrogens (tertiary/aromatic N) is 3. The van der Waals surface area contributed by atoms with Crippen LogP contribution in [-0.4, -0.2) is 41.5 Å². The summed E-state index contributed by atoms with van der Waals surface area (Å²) in [5.74, 6) is -0.956. The fourth-order valence-corrected chi connectivity index (χ4v) is 3.13. The minimum absolute atomic E-state index is 0.225. The third-order valence-corrected chi connectivity index (χ3v) is 4.82. The Morgan fingerprint density at radius 1 is 1.30 bits per heavy atom. The van der Waals surface area contributed by atoms with E-state index < -0.39 is 12.1 Å². The highest BCUT2D eigenvalue weighted by Crippen LogP contribution is 2.29. The minimum atomic E-state index is -0.946. The normalized spacial score (nSPS) is 11.3. The van der Waals surface area contributed by atoms with Crippen LogP contribution in [0.1, 0.15) is 29.3 Å².